The summed E-state index contributed by atoms with van der Waals surface area (Å²) in [6, 6.07) is 0.393. The molecule has 0 spiro atoms. The number of aromatic nitrogens is 6. The molecule has 8 nitrogen and oxygen atoms in total. The zero-order chi connectivity index (χ0) is 16.5. The highest BCUT2D eigenvalue weighted by Crippen LogP contribution is 2.26. The van der Waals surface area contributed by atoms with Crippen molar-refractivity contribution < 1.29 is 0 Å². The fourth-order valence-corrected chi connectivity index (χ4v) is 3.22. The fourth-order valence-electron chi connectivity index (χ4n) is 3.12. The quantitative estimate of drug-likeness (QED) is 0.776. The van der Waals surface area contributed by atoms with Crippen molar-refractivity contribution in [2.45, 2.75) is 18.9 Å². The molecule has 0 aromatic carbocycles. The second-order valence-electron chi connectivity index (χ2n) is 5.86. The summed E-state index contributed by atoms with van der Waals surface area (Å²) in [5.74, 6) is 1.65. The maximum absolute atomic E-state index is 5.86. The smallest absolute Gasteiger partial charge is 0.225 e. The van der Waals surface area contributed by atoms with Gasteiger partial charge in [0, 0.05) is 26.2 Å². The second-order valence-corrected chi connectivity index (χ2v) is 6.30. The molecule has 0 saturated carbocycles. The number of fused-ring (bicyclic) bond motifs is 1. The highest BCUT2D eigenvalue weighted by molar-refractivity contribution is 6.30. The molecule has 4 heterocycles. The van der Waals surface area contributed by atoms with Crippen LogP contribution in [0.4, 0.5) is 11.8 Å². The van der Waals surface area contributed by atoms with Crippen LogP contribution in [0.1, 0.15) is 12.8 Å². The van der Waals surface area contributed by atoms with E-state index in [0.29, 0.717) is 17.0 Å². The van der Waals surface area contributed by atoms with Crippen LogP contribution in [0.3, 0.4) is 0 Å². The summed E-state index contributed by atoms with van der Waals surface area (Å²) in [6.07, 6.45) is 8.63. The second kappa shape index (κ2) is 6.20. The third-order valence-corrected chi connectivity index (χ3v) is 4.66. The van der Waals surface area contributed by atoms with Gasteiger partial charge in [0.05, 0.1) is 29.0 Å². The number of aromatic amines is 1. The monoisotopic (exact) mass is 344 g/mol. The van der Waals surface area contributed by atoms with Gasteiger partial charge in [-0.3, -0.25) is 5.10 Å². The maximum atomic E-state index is 5.86. The van der Waals surface area contributed by atoms with Crippen molar-refractivity contribution in [1.29, 1.82) is 0 Å². The molecule has 124 valence electrons. The van der Waals surface area contributed by atoms with Gasteiger partial charge in [0.2, 0.25) is 5.95 Å². The Labute approximate surface area is 143 Å². The van der Waals surface area contributed by atoms with Gasteiger partial charge >= 0.3 is 0 Å². The third kappa shape index (κ3) is 2.73. The van der Waals surface area contributed by atoms with Crippen molar-refractivity contribution in [1.82, 2.24) is 30.1 Å². The van der Waals surface area contributed by atoms with Crippen LogP contribution >= 0.6 is 11.6 Å². The van der Waals surface area contributed by atoms with Gasteiger partial charge < -0.3 is 9.80 Å². The first-order chi connectivity index (χ1) is 11.7. The van der Waals surface area contributed by atoms with Crippen LogP contribution in [0.2, 0.25) is 5.02 Å². The summed E-state index contributed by atoms with van der Waals surface area (Å²) >= 11 is 5.86. The van der Waals surface area contributed by atoms with E-state index in [1.165, 1.54) is 0 Å². The molecule has 0 amide bonds. The Morgan fingerprint density at radius 1 is 1.12 bits per heavy atom. The summed E-state index contributed by atoms with van der Waals surface area (Å²) < 4.78 is 0. The van der Waals surface area contributed by atoms with E-state index in [4.69, 9.17) is 11.6 Å². The Bertz CT molecular complexity index is 825. The highest BCUT2D eigenvalue weighted by Gasteiger charge is 2.25. The van der Waals surface area contributed by atoms with E-state index in [1.807, 2.05) is 7.05 Å². The molecule has 0 atom stereocenters. The van der Waals surface area contributed by atoms with Gasteiger partial charge in [-0.2, -0.15) is 5.10 Å². The SMILES string of the molecule is CN(c1ncc(Cl)cn1)C1CCN(c2ncnc3[nH]ncc23)CC1. The van der Waals surface area contributed by atoms with Gasteiger partial charge in [-0.05, 0) is 12.8 Å². The minimum absolute atomic E-state index is 0.393. The molecule has 4 rings (SSSR count). The number of hydrogen-bond acceptors (Lipinski definition) is 7. The highest BCUT2D eigenvalue weighted by atomic mass is 35.5. The molecule has 0 bridgehead atoms. The van der Waals surface area contributed by atoms with E-state index in [9.17, 15) is 0 Å². The van der Waals surface area contributed by atoms with Crippen molar-refractivity contribution >= 4 is 34.4 Å². The van der Waals surface area contributed by atoms with E-state index >= 15 is 0 Å². The van der Waals surface area contributed by atoms with Gasteiger partial charge in [0.15, 0.2) is 5.65 Å². The Kier molecular flexibility index (Phi) is 3.89. The van der Waals surface area contributed by atoms with Gasteiger partial charge in [-0.25, -0.2) is 19.9 Å². The molecule has 0 unspecified atom stereocenters. The lowest BCUT2D eigenvalue weighted by Gasteiger charge is -2.37. The van der Waals surface area contributed by atoms with Crippen LogP contribution < -0.4 is 9.80 Å². The topological polar surface area (TPSA) is 86.7 Å². The first-order valence-corrected chi connectivity index (χ1v) is 8.19. The predicted molar refractivity (Wildman–Crippen MR) is 92.4 cm³/mol. The fraction of sp³-hybridized carbons (Fsp3) is 0.400. The number of rotatable bonds is 3. The van der Waals surface area contributed by atoms with Gasteiger partial charge in [0.25, 0.3) is 0 Å². The van der Waals surface area contributed by atoms with Crippen LogP contribution in [0, 0.1) is 0 Å². The molecule has 3 aromatic rings. The Hall–Kier alpha value is -2.48. The number of piperidine rings is 1. The largest absolute Gasteiger partial charge is 0.356 e. The standard InChI is InChI=1S/C15H17ClN8/c1-23(15-17-6-10(16)7-18-15)11-2-4-24(5-3-11)14-12-8-21-22-13(12)19-9-20-14/h6-9,11H,2-5H2,1H3,(H,19,20,21,22). The number of anilines is 2. The first-order valence-electron chi connectivity index (χ1n) is 7.82. The minimum Gasteiger partial charge on any atom is -0.356 e. The van der Waals surface area contributed by atoms with E-state index in [-0.39, 0.29) is 0 Å². The number of halogens is 1. The lowest BCUT2D eigenvalue weighted by molar-refractivity contribution is 0.476. The summed E-state index contributed by atoms with van der Waals surface area (Å²) in [7, 11) is 2.03. The van der Waals surface area contributed by atoms with E-state index in [0.717, 1.165) is 42.8 Å². The molecule has 3 aromatic heterocycles. The Morgan fingerprint density at radius 3 is 2.62 bits per heavy atom. The number of hydrogen-bond donors (Lipinski definition) is 1. The van der Waals surface area contributed by atoms with Crippen LogP contribution in [0.15, 0.2) is 24.9 Å². The van der Waals surface area contributed by atoms with Gasteiger partial charge in [0.1, 0.15) is 12.1 Å². The summed E-state index contributed by atoms with van der Waals surface area (Å²) in [6.45, 7) is 1.83. The van der Waals surface area contributed by atoms with Crippen LogP contribution in [-0.4, -0.2) is 56.3 Å². The molecule has 1 fully saturated rings. The van der Waals surface area contributed by atoms with Gasteiger partial charge in [-0.15, -0.1) is 0 Å². The van der Waals surface area contributed by atoms with E-state index in [1.54, 1.807) is 24.9 Å². The molecule has 0 radical (unpaired) electrons. The lowest BCUT2D eigenvalue weighted by atomic mass is 10.0. The van der Waals surface area contributed by atoms with Crippen molar-refractivity contribution in [3.8, 4) is 0 Å². The maximum Gasteiger partial charge on any atom is 0.225 e. The van der Waals surface area contributed by atoms with Crippen molar-refractivity contribution in [2.75, 3.05) is 29.9 Å². The lowest BCUT2D eigenvalue weighted by Crippen LogP contribution is -2.44. The molecular weight excluding hydrogens is 328 g/mol. The molecule has 24 heavy (non-hydrogen) atoms. The molecule has 1 N–H and O–H groups in total. The number of nitrogens with zero attached hydrogens (tertiary/aromatic N) is 7. The molecule has 1 aliphatic heterocycles. The zero-order valence-corrected chi connectivity index (χ0v) is 14.0. The Morgan fingerprint density at radius 2 is 1.88 bits per heavy atom. The molecule has 1 saturated heterocycles. The zero-order valence-electron chi connectivity index (χ0n) is 13.2. The van der Waals surface area contributed by atoms with Crippen LogP contribution in [0.25, 0.3) is 11.0 Å². The van der Waals surface area contributed by atoms with E-state index < -0.39 is 0 Å². The summed E-state index contributed by atoms with van der Waals surface area (Å²) in [5.41, 5.74) is 0.772. The average Bonchev–Trinajstić information content (AvgIpc) is 3.11. The number of H-pyrrole nitrogens is 1. The minimum atomic E-state index is 0.393. The van der Waals surface area contributed by atoms with Gasteiger partial charge in [-0.1, -0.05) is 11.6 Å². The van der Waals surface area contributed by atoms with Crippen molar-refractivity contribution in [3.05, 3.63) is 29.9 Å². The van der Waals surface area contributed by atoms with Crippen LogP contribution in [0.5, 0.6) is 0 Å². The Balaban J connectivity index is 1.47. The third-order valence-electron chi connectivity index (χ3n) is 4.46. The van der Waals surface area contributed by atoms with Crippen LogP contribution in [-0.2, 0) is 0 Å². The predicted octanol–water partition coefficient (Wildman–Crippen LogP) is 1.90. The summed E-state index contributed by atoms with van der Waals surface area (Å²) in [5, 5.41) is 8.46. The molecular formula is C15H17ClN8. The molecule has 0 aliphatic carbocycles. The molecule has 1 aliphatic rings. The van der Waals surface area contributed by atoms with E-state index in [2.05, 4.69) is 39.9 Å². The first kappa shape index (κ1) is 15.1. The number of nitrogens with one attached hydrogen (secondary N) is 1. The molecule has 9 heteroatoms. The van der Waals surface area contributed by atoms with Crippen molar-refractivity contribution in [3.63, 3.8) is 0 Å². The van der Waals surface area contributed by atoms with Crippen molar-refractivity contribution in [2.24, 2.45) is 0 Å². The summed E-state index contributed by atoms with van der Waals surface area (Å²) in [4.78, 5) is 21.6. The average molecular weight is 345 g/mol. The normalized spacial score (nSPS) is 15.8.